The monoisotopic (exact) mass is 293 g/mol. The molecule has 0 amide bonds. The highest BCUT2D eigenvalue weighted by Crippen LogP contribution is 2.33. The average Bonchev–Trinajstić information content (AvgIpc) is 2.38. The maximum atomic E-state index is 11.4. The Kier molecular flexibility index (Phi) is 3.71. The van der Waals surface area contributed by atoms with Crippen LogP contribution in [0.1, 0.15) is 0 Å². The molecule has 2 rings (SSSR count). The van der Waals surface area contributed by atoms with Gasteiger partial charge in [-0.25, -0.2) is 8.42 Å². The molecule has 2 aromatic carbocycles. The predicted octanol–water partition coefficient (Wildman–Crippen LogP) is 2.79. The van der Waals surface area contributed by atoms with Gasteiger partial charge in [0, 0.05) is 12.3 Å². The quantitative estimate of drug-likeness (QED) is 0.639. The molecule has 0 fully saturated rings. The van der Waals surface area contributed by atoms with Crippen LogP contribution in [0.3, 0.4) is 0 Å². The molecule has 0 heterocycles. The first kappa shape index (κ1) is 14.0. The van der Waals surface area contributed by atoms with E-state index in [-0.39, 0.29) is 10.6 Å². The van der Waals surface area contributed by atoms with Crippen LogP contribution in [0.5, 0.6) is 11.5 Å². The number of nitrogens with zero attached hydrogens (tertiary/aromatic N) is 1. The molecule has 0 saturated carbocycles. The first-order valence-corrected chi connectivity index (χ1v) is 7.48. The topological polar surface area (TPSA) is 86.5 Å². The van der Waals surface area contributed by atoms with Gasteiger partial charge >= 0.3 is 5.69 Å². The highest BCUT2D eigenvalue weighted by atomic mass is 32.2. The van der Waals surface area contributed by atoms with Crippen LogP contribution in [-0.2, 0) is 9.84 Å². The number of rotatable bonds is 4. The van der Waals surface area contributed by atoms with Gasteiger partial charge in [-0.15, -0.1) is 0 Å². The second-order valence-corrected chi connectivity index (χ2v) is 6.09. The van der Waals surface area contributed by atoms with E-state index < -0.39 is 20.4 Å². The first-order valence-electron chi connectivity index (χ1n) is 5.59. The Bertz CT molecular complexity index is 741. The molecule has 104 valence electrons. The van der Waals surface area contributed by atoms with E-state index in [1.807, 2.05) is 0 Å². The zero-order valence-corrected chi connectivity index (χ0v) is 11.3. The van der Waals surface area contributed by atoms with Gasteiger partial charge in [-0.1, -0.05) is 18.2 Å². The van der Waals surface area contributed by atoms with Crippen molar-refractivity contribution in [3.8, 4) is 11.5 Å². The van der Waals surface area contributed by atoms with Crippen LogP contribution in [-0.4, -0.2) is 19.6 Å². The minimum Gasteiger partial charge on any atom is -0.450 e. The van der Waals surface area contributed by atoms with Crippen LogP contribution < -0.4 is 4.74 Å². The summed E-state index contributed by atoms with van der Waals surface area (Å²) in [6.45, 7) is 0. The largest absolute Gasteiger partial charge is 0.450 e. The summed E-state index contributed by atoms with van der Waals surface area (Å²) >= 11 is 0. The third-order valence-corrected chi connectivity index (χ3v) is 3.64. The molecule has 2 aromatic rings. The number of para-hydroxylation sites is 1. The zero-order chi connectivity index (χ0) is 14.8. The number of nitro benzene ring substituents is 1. The Labute approximate surface area is 115 Å². The van der Waals surface area contributed by atoms with E-state index in [0.717, 1.165) is 12.3 Å². The molecule has 0 aliphatic rings. The van der Waals surface area contributed by atoms with Crippen molar-refractivity contribution in [3.05, 3.63) is 58.6 Å². The Morgan fingerprint density at radius 3 is 2.30 bits per heavy atom. The Morgan fingerprint density at radius 1 is 1.10 bits per heavy atom. The fraction of sp³-hybridized carbons (Fsp3) is 0.0769. The van der Waals surface area contributed by atoms with Crippen molar-refractivity contribution in [1.29, 1.82) is 0 Å². The third kappa shape index (κ3) is 3.12. The molecule has 0 saturated heterocycles. The van der Waals surface area contributed by atoms with Crippen molar-refractivity contribution in [3.63, 3.8) is 0 Å². The highest BCUT2D eigenvalue weighted by Gasteiger charge is 2.20. The van der Waals surface area contributed by atoms with Gasteiger partial charge in [-0.2, -0.15) is 0 Å². The van der Waals surface area contributed by atoms with Crippen LogP contribution in [0.2, 0.25) is 0 Å². The van der Waals surface area contributed by atoms with E-state index in [1.54, 1.807) is 30.3 Å². The molecule has 0 aliphatic carbocycles. The van der Waals surface area contributed by atoms with E-state index in [9.17, 15) is 18.5 Å². The average molecular weight is 293 g/mol. The Balaban J connectivity index is 2.46. The molecular formula is C13H11NO5S. The van der Waals surface area contributed by atoms with E-state index >= 15 is 0 Å². The fourth-order valence-corrected chi connectivity index (χ4v) is 2.21. The Hall–Kier alpha value is -2.41. The molecule has 20 heavy (non-hydrogen) atoms. The summed E-state index contributed by atoms with van der Waals surface area (Å²) in [4.78, 5) is 10.2. The summed E-state index contributed by atoms with van der Waals surface area (Å²) in [6.07, 6.45) is 0.990. The van der Waals surface area contributed by atoms with Gasteiger partial charge in [-0.3, -0.25) is 10.1 Å². The van der Waals surface area contributed by atoms with Crippen LogP contribution >= 0.6 is 0 Å². The maximum Gasteiger partial charge on any atom is 0.312 e. The van der Waals surface area contributed by atoms with Gasteiger partial charge < -0.3 is 4.74 Å². The normalized spacial score (nSPS) is 11.1. The van der Waals surface area contributed by atoms with E-state index in [1.165, 1.54) is 12.1 Å². The molecule has 7 heteroatoms. The van der Waals surface area contributed by atoms with Crippen molar-refractivity contribution >= 4 is 15.5 Å². The van der Waals surface area contributed by atoms with Gasteiger partial charge in [0.25, 0.3) is 0 Å². The lowest BCUT2D eigenvalue weighted by Crippen LogP contribution is -2.00. The molecular weight excluding hydrogens is 282 g/mol. The van der Waals surface area contributed by atoms with Gasteiger partial charge in [0.15, 0.2) is 9.84 Å². The molecule has 0 aromatic heterocycles. The molecule has 0 aliphatic heterocycles. The Morgan fingerprint density at radius 2 is 1.75 bits per heavy atom. The van der Waals surface area contributed by atoms with Crippen LogP contribution in [0.4, 0.5) is 5.69 Å². The van der Waals surface area contributed by atoms with Gasteiger partial charge in [0.1, 0.15) is 5.75 Å². The van der Waals surface area contributed by atoms with E-state index in [2.05, 4.69) is 0 Å². The molecule has 0 spiro atoms. The molecule has 0 N–H and O–H groups in total. The zero-order valence-electron chi connectivity index (χ0n) is 10.5. The summed E-state index contributed by atoms with van der Waals surface area (Å²) in [6, 6.07) is 12.1. The smallest absolute Gasteiger partial charge is 0.312 e. The number of sulfone groups is 1. The molecule has 6 nitrogen and oxygen atoms in total. The molecule has 0 radical (unpaired) electrons. The summed E-state index contributed by atoms with van der Waals surface area (Å²) in [5, 5.41) is 11.0. The summed E-state index contributed by atoms with van der Waals surface area (Å²) in [7, 11) is -3.51. The van der Waals surface area contributed by atoms with Crippen molar-refractivity contribution in [2.45, 2.75) is 4.90 Å². The van der Waals surface area contributed by atoms with Gasteiger partial charge in [0.05, 0.1) is 9.82 Å². The van der Waals surface area contributed by atoms with Crippen LogP contribution in [0.25, 0.3) is 0 Å². The van der Waals surface area contributed by atoms with Crippen molar-refractivity contribution in [2.75, 3.05) is 6.26 Å². The van der Waals surface area contributed by atoms with Gasteiger partial charge in [0.2, 0.25) is 5.75 Å². The van der Waals surface area contributed by atoms with Gasteiger partial charge in [-0.05, 0) is 24.3 Å². The molecule has 0 bridgehead atoms. The lowest BCUT2D eigenvalue weighted by molar-refractivity contribution is -0.385. The number of ether oxygens (including phenoxy) is 1. The van der Waals surface area contributed by atoms with E-state index in [0.29, 0.717) is 5.75 Å². The molecule has 0 unspecified atom stereocenters. The highest BCUT2D eigenvalue weighted by molar-refractivity contribution is 7.90. The second kappa shape index (κ2) is 5.30. The van der Waals surface area contributed by atoms with E-state index in [4.69, 9.17) is 4.74 Å². The fourth-order valence-electron chi connectivity index (χ4n) is 1.57. The second-order valence-electron chi connectivity index (χ2n) is 4.07. The number of hydrogen-bond donors (Lipinski definition) is 0. The third-order valence-electron chi connectivity index (χ3n) is 2.53. The number of nitro groups is 1. The van der Waals surface area contributed by atoms with Crippen molar-refractivity contribution in [2.24, 2.45) is 0 Å². The minimum absolute atomic E-state index is 0.00593. The number of hydrogen-bond acceptors (Lipinski definition) is 5. The number of benzene rings is 2. The molecule has 0 atom stereocenters. The lowest BCUT2D eigenvalue weighted by atomic mass is 10.3. The summed E-state index contributed by atoms with van der Waals surface area (Å²) in [5.74, 6) is 0.427. The maximum absolute atomic E-state index is 11.4. The SMILES string of the molecule is CS(=O)(=O)c1ccc(Oc2ccccc2)c([N+](=O)[O-])c1. The summed E-state index contributed by atoms with van der Waals surface area (Å²) in [5.41, 5.74) is -0.392. The predicted molar refractivity (Wildman–Crippen MR) is 72.7 cm³/mol. The van der Waals surface area contributed by atoms with Crippen molar-refractivity contribution < 1.29 is 18.1 Å². The van der Waals surface area contributed by atoms with Crippen molar-refractivity contribution in [1.82, 2.24) is 0 Å². The van der Waals surface area contributed by atoms with Crippen LogP contribution in [0.15, 0.2) is 53.4 Å². The standard InChI is InChI=1S/C13H11NO5S/c1-20(17,18)11-7-8-13(12(9-11)14(15)16)19-10-5-3-2-4-6-10/h2-9H,1H3. The first-order chi connectivity index (χ1) is 9.38. The summed E-state index contributed by atoms with van der Waals surface area (Å²) < 4.78 is 28.2. The minimum atomic E-state index is -3.51. The van der Waals surface area contributed by atoms with Crippen LogP contribution in [0, 0.1) is 10.1 Å². The lowest BCUT2D eigenvalue weighted by Gasteiger charge is -2.07.